The summed E-state index contributed by atoms with van der Waals surface area (Å²) in [6.07, 6.45) is 2.75. The molecule has 0 saturated heterocycles. The average Bonchev–Trinajstić information content (AvgIpc) is 3.50. The van der Waals surface area contributed by atoms with Gasteiger partial charge in [-0.1, -0.05) is 33.8 Å². The molecule has 0 aliphatic heterocycles. The highest BCUT2D eigenvalue weighted by atomic mass is 32.2. The normalized spacial score (nSPS) is 15.4. The molecule has 1 amide bonds. The van der Waals surface area contributed by atoms with Crippen molar-refractivity contribution in [3.63, 3.8) is 0 Å². The summed E-state index contributed by atoms with van der Waals surface area (Å²) in [5, 5.41) is 2.04. The number of thiol groups is 1. The standard InChI is InChI=1S/C21H32N2O5S/c1-6-21(7-2,20(25)28-8-3)23-19(24)16-12-11-15(14-9-10-14)17(22-16)18(13(4)5)29(26)27/h11-14,18,29H,6-10H2,1-5H3,(H,23,24). The molecule has 1 aliphatic rings. The number of hydrogen-bond acceptors (Lipinski definition) is 6. The third-order valence-electron chi connectivity index (χ3n) is 5.57. The molecule has 1 aliphatic carbocycles. The minimum atomic E-state index is -2.74. The van der Waals surface area contributed by atoms with Gasteiger partial charge in [0, 0.05) is 0 Å². The molecule has 1 saturated carbocycles. The molecule has 1 aromatic rings. The van der Waals surface area contributed by atoms with Gasteiger partial charge in [-0.05, 0) is 56.1 Å². The molecule has 0 radical (unpaired) electrons. The summed E-state index contributed by atoms with van der Waals surface area (Å²) in [7, 11) is -2.74. The Labute approximate surface area is 174 Å². The first kappa shape index (κ1) is 23.3. The van der Waals surface area contributed by atoms with Gasteiger partial charge in [0.1, 0.15) is 27.2 Å². The van der Waals surface area contributed by atoms with Crippen molar-refractivity contribution in [1.82, 2.24) is 10.3 Å². The number of nitrogens with one attached hydrogen (secondary N) is 1. The molecule has 1 aromatic heterocycles. The van der Waals surface area contributed by atoms with E-state index in [4.69, 9.17) is 4.74 Å². The number of rotatable bonds is 10. The monoisotopic (exact) mass is 424 g/mol. The highest BCUT2D eigenvalue weighted by molar-refractivity contribution is 7.72. The fraction of sp³-hybridized carbons (Fsp3) is 0.667. The van der Waals surface area contributed by atoms with Gasteiger partial charge in [-0.25, -0.2) is 18.2 Å². The molecule has 29 heavy (non-hydrogen) atoms. The van der Waals surface area contributed by atoms with Crippen LogP contribution in [0.3, 0.4) is 0 Å². The van der Waals surface area contributed by atoms with Crippen LogP contribution in [0.25, 0.3) is 0 Å². The van der Waals surface area contributed by atoms with Crippen molar-refractivity contribution in [3.8, 4) is 0 Å². The predicted octanol–water partition coefficient (Wildman–Crippen LogP) is 3.12. The summed E-state index contributed by atoms with van der Waals surface area (Å²) >= 11 is 0. The molecule has 0 spiro atoms. The Morgan fingerprint density at radius 3 is 2.28 bits per heavy atom. The van der Waals surface area contributed by atoms with Crippen molar-refractivity contribution < 1.29 is 22.7 Å². The zero-order chi connectivity index (χ0) is 21.8. The van der Waals surface area contributed by atoms with Crippen LogP contribution in [0, 0.1) is 5.92 Å². The maximum atomic E-state index is 13.0. The van der Waals surface area contributed by atoms with Gasteiger partial charge in [0.15, 0.2) is 0 Å². The first-order chi connectivity index (χ1) is 13.7. The Morgan fingerprint density at radius 1 is 1.21 bits per heavy atom. The van der Waals surface area contributed by atoms with Gasteiger partial charge in [0.05, 0.1) is 12.3 Å². The highest BCUT2D eigenvalue weighted by Crippen LogP contribution is 2.44. The maximum absolute atomic E-state index is 13.0. The van der Waals surface area contributed by atoms with Gasteiger partial charge in [-0.2, -0.15) is 0 Å². The number of pyridine rings is 1. The molecule has 1 atom stereocenters. The second-order valence-corrected chi connectivity index (χ2v) is 9.01. The number of hydrogen-bond donors (Lipinski definition) is 2. The lowest BCUT2D eigenvalue weighted by Gasteiger charge is -2.30. The molecule has 162 valence electrons. The number of aromatic nitrogens is 1. The lowest BCUT2D eigenvalue weighted by atomic mass is 9.92. The van der Waals surface area contributed by atoms with Crippen molar-refractivity contribution in [2.75, 3.05) is 6.61 Å². The summed E-state index contributed by atoms with van der Waals surface area (Å²) in [5.74, 6) is -0.843. The third-order valence-corrected chi connectivity index (χ3v) is 6.87. The second kappa shape index (κ2) is 9.69. The molecule has 1 N–H and O–H groups in total. The molecule has 2 rings (SSSR count). The summed E-state index contributed by atoms with van der Waals surface area (Å²) in [6, 6.07) is 3.43. The van der Waals surface area contributed by atoms with Crippen molar-refractivity contribution in [2.45, 2.75) is 77.0 Å². The van der Waals surface area contributed by atoms with Crippen molar-refractivity contribution in [2.24, 2.45) is 5.92 Å². The van der Waals surface area contributed by atoms with E-state index >= 15 is 0 Å². The molecule has 0 aromatic carbocycles. The number of nitrogens with zero attached hydrogens (tertiary/aromatic N) is 1. The molecule has 7 nitrogen and oxygen atoms in total. The minimum Gasteiger partial charge on any atom is -0.464 e. The molecule has 1 unspecified atom stereocenters. The van der Waals surface area contributed by atoms with E-state index in [9.17, 15) is 18.0 Å². The van der Waals surface area contributed by atoms with Crippen LogP contribution in [-0.4, -0.2) is 37.4 Å². The van der Waals surface area contributed by atoms with E-state index in [2.05, 4.69) is 10.3 Å². The SMILES string of the molecule is CCOC(=O)C(CC)(CC)NC(=O)c1ccc(C2CC2)c(C(C(C)C)[SH](=O)=O)n1. The number of carbonyl (C=O) groups is 2. The van der Waals surface area contributed by atoms with E-state index in [1.54, 1.807) is 13.0 Å². The number of ether oxygens (including phenoxy) is 1. The second-order valence-electron chi connectivity index (χ2n) is 7.88. The molecular weight excluding hydrogens is 392 g/mol. The summed E-state index contributed by atoms with van der Waals surface area (Å²) in [5.41, 5.74) is 0.344. The largest absolute Gasteiger partial charge is 0.464 e. The topological polar surface area (TPSA) is 102 Å². The van der Waals surface area contributed by atoms with E-state index < -0.39 is 33.4 Å². The quantitative estimate of drug-likeness (QED) is 0.442. The number of esters is 1. The van der Waals surface area contributed by atoms with E-state index in [-0.39, 0.29) is 18.2 Å². The molecule has 0 bridgehead atoms. The summed E-state index contributed by atoms with van der Waals surface area (Å²) in [6.45, 7) is 9.23. The van der Waals surface area contributed by atoms with Crippen LogP contribution in [-0.2, 0) is 20.2 Å². The third kappa shape index (κ3) is 5.15. The fourth-order valence-electron chi connectivity index (χ4n) is 3.56. The van der Waals surface area contributed by atoms with Crippen molar-refractivity contribution >= 4 is 22.6 Å². The molecule has 1 heterocycles. The van der Waals surface area contributed by atoms with E-state index in [1.165, 1.54) is 0 Å². The van der Waals surface area contributed by atoms with Crippen molar-refractivity contribution in [1.29, 1.82) is 0 Å². The first-order valence-electron chi connectivity index (χ1n) is 10.3. The van der Waals surface area contributed by atoms with Crippen LogP contribution in [0.2, 0.25) is 0 Å². The summed E-state index contributed by atoms with van der Waals surface area (Å²) in [4.78, 5) is 29.9. The number of amides is 1. The first-order valence-corrected chi connectivity index (χ1v) is 11.6. The van der Waals surface area contributed by atoms with Gasteiger partial charge < -0.3 is 10.1 Å². The zero-order valence-electron chi connectivity index (χ0n) is 17.9. The van der Waals surface area contributed by atoms with Crippen LogP contribution < -0.4 is 5.32 Å². The zero-order valence-corrected chi connectivity index (χ0v) is 18.8. The lowest BCUT2D eigenvalue weighted by molar-refractivity contribution is -0.151. The molecular formula is C21H32N2O5S. The van der Waals surface area contributed by atoms with Gasteiger partial charge >= 0.3 is 5.97 Å². The number of carbonyl (C=O) groups excluding carboxylic acids is 2. The molecule has 1 fully saturated rings. The van der Waals surface area contributed by atoms with Crippen molar-refractivity contribution in [3.05, 3.63) is 29.1 Å². The van der Waals surface area contributed by atoms with Crippen LogP contribution in [0.15, 0.2) is 12.1 Å². The average molecular weight is 425 g/mol. The van der Waals surface area contributed by atoms with E-state index in [1.807, 2.05) is 33.8 Å². The van der Waals surface area contributed by atoms with Crippen LogP contribution in [0.5, 0.6) is 0 Å². The summed E-state index contributed by atoms with van der Waals surface area (Å²) < 4.78 is 29.0. The Hall–Kier alpha value is -1.96. The van der Waals surface area contributed by atoms with Crippen LogP contribution >= 0.6 is 0 Å². The highest BCUT2D eigenvalue weighted by Gasteiger charge is 2.39. The fourth-order valence-corrected chi connectivity index (χ4v) is 4.46. The maximum Gasteiger partial charge on any atom is 0.331 e. The van der Waals surface area contributed by atoms with Crippen LogP contribution in [0.4, 0.5) is 0 Å². The predicted molar refractivity (Wildman–Crippen MR) is 112 cm³/mol. The Bertz CT molecular complexity index is 818. The van der Waals surface area contributed by atoms with Gasteiger partial charge in [-0.15, -0.1) is 0 Å². The van der Waals surface area contributed by atoms with Gasteiger partial charge in [0.25, 0.3) is 5.91 Å². The van der Waals surface area contributed by atoms with E-state index in [0.29, 0.717) is 24.5 Å². The smallest absolute Gasteiger partial charge is 0.331 e. The Morgan fingerprint density at radius 2 is 1.83 bits per heavy atom. The van der Waals surface area contributed by atoms with Crippen LogP contribution in [0.1, 0.15) is 93.2 Å². The molecule has 8 heteroatoms. The van der Waals surface area contributed by atoms with Gasteiger partial charge in [-0.3, -0.25) is 4.79 Å². The Balaban J connectivity index is 2.42. The van der Waals surface area contributed by atoms with E-state index in [0.717, 1.165) is 18.4 Å². The van der Waals surface area contributed by atoms with Gasteiger partial charge in [0.2, 0.25) is 0 Å². The minimum absolute atomic E-state index is 0.113. The lowest BCUT2D eigenvalue weighted by Crippen LogP contribution is -2.54. The Kier molecular flexibility index (Phi) is 7.80.